The molecule has 0 spiro atoms. The van der Waals surface area contributed by atoms with Gasteiger partial charge in [-0.2, -0.15) is 5.10 Å². The third kappa shape index (κ3) is 4.94. The molecule has 5 nitrogen and oxygen atoms in total. The first-order valence-electron chi connectivity index (χ1n) is 7.14. The Kier molecular flexibility index (Phi) is 7.04. The minimum atomic E-state index is -0.262. The Morgan fingerprint density at radius 1 is 1.38 bits per heavy atom. The second-order valence-corrected chi connectivity index (χ2v) is 6.78. The van der Waals surface area contributed by atoms with Crippen molar-refractivity contribution in [1.82, 2.24) is 5.43 Å². The first kappa shape index (κ1) is 18.7. The van der Waals surface area contributed by atoms with Gasteiger partial charge in [0.05, 0.1) is 24.4 Å². The third-order valence-corrected chi connectivity index (χ3v) is 4.27. The molecule has 0 radical (unpaired) electrons. The number of methoxy groups -OCH3 is 1. The molecule has 0 aromatic heterocycles. The van der Waals surface area contributed by atoms with Gasteiger partial charge in [0.15, 0.2) is 11.5 Å². The fraction of sp³-hybridized carbons (Fsp3) is 0.176. The largest absolute Gasteiger partial charge is 0.493 e. The summed E-state index contributed by atoms with van der Waals surface area (Å²) in [4.78, 5) is 12.0. The van der Waals surface area contributed by atoms with Crippen LogP contribution in [0.4, 0.5) is 0 Å². The molecule has 0 atom stereocenters. The highest BCUT2D eigenvalue weighted by Gasteiger charge is 2.10. The van der Waals surface area contributed by atoms with Gasteiger partial charge in [0.2, 0.25) is 0 Å². The smallest absolute Gasteiger partial charge is 0.271 e. The van der Waals surface area contributed by atoms with Crippen LogP contribution in [0.2, 0.25) is 0 Å². The molecule has 24 heavy (non-hydrogen) atoms. The van der Waals surface area contributed by atoms with Gasteiger partial charge < -0.3 is 9.47 Å². The van der Waals surface area contributed by atoms with Crippen LogP contribution in [0, 0.1) is 3.57 Å². The van der Waals surface area contributed by atoms with Crippen molar-refractivity contribution in [3.8, 4) is 11.5 Å². The number of amides is 1. The lowest BCUT2D eigenvalue weighted by Gasteiger charge is -2.11. The number of rotatable bonds is 6. The molecule has 0 heterocycles. The minimum absolute atomic E-state index is 0.262. The Labute approximate surface area is 162 Å². The van der Waals surface area contributed by atoms with E-state index in [0.29, 0.717) is 23.7 Å². The summed E-state index contributed by atoms with van der Waals surface area (Å²) in [5.41, 5.74) is 3.84. The summed E-state index contributed by atoms with van der Waals surface area (Å²) in [6.45, 7) is 2.44. The maximum absolute atomic E-state index is 12.0. The molecule has 0 saturated carbocycles. The molecule has 0 saturated heterocycles. The average molecular weight is 503 g/mol. The quantitative estimate of drug-likeness (QED) is 0.365. The van der Waals surface area contributed by atoms with Crippen molar-refractivity contribution < 1.29 is 14.3 Å². The summed E-state index contributed by atoms with van der Waals surface area (Å²) in [6.07, 6.45) is 1.55. The first-order chi connectivity index (χ1) is 11.5. The van der Waals surface area contributed by atoms with Crippen LogP contribution in [0.25, 0.3) is 0 Å². The molecule has 1 N–H and O–H groups in total. The van der Waals surface area contributed by atoms with E-state index in [-0.39, 0.29) is 5.91 Å². The van der Waals surface area contributed by atoms with Crippen LogP contribution in [0.5, 0.6) is 11.5 Å². The summed E-state index contributed by atoms with van der Waals surface area (Å²) >= 11 is 5.61. The number of benzene rings is 2. The van der Waals surface area contributed by atoms with Gasteiger partial charge in [0.1, 0.15) is 0 Å². The topological polar surface area (TPSA) is 59.9 Å². The lowest BCUT2D eigenvalue weighted by Crippen LogP contribution is -2.17. The fourth-order valence-electron chi connectivity index (χ4n) is 1.96. The van der Waals surface area contributed by atoms with Crippen molar-refractivity contribution in [2.24, 2.45) is 5.10 Å². The standard InChI is InChI=1S/C17H16BrIN2O3/c1-3-24-16-14(18)7-11(8-15(16)23-2)10-20-21-17(22)12-5-4-6-13(19)9-12/h4-10H,3H2,1-2H3,(H,21,22)/b20-10-. The monoisotopic (exact) mass is 502 g/mol. The van der Waals surface area contributed by atoms with E-state index < -0.39 is 0 Å². The summed E-state index contributed by atoms with van der Waals surface area (Å²) in [6, 6.07) is 10.9. The SMILES string of the molecule is CCOc1c(Br)cc(/C=N\NC(=O)c2cccc(I)c2)cc1OC. The Bertz CT molecular complexity index is 765. The zero-order valence-electron chi connectivity index (χ0n) is 13.2. The van der Waals surface area contributed by atoms with Crippen molar-refractivity contribution in [3.63, 3.8) is 0 Å². The summed E-state index contributed by atoms with van der Waals surface area (Å²) < 4.78 is 12.6. The number of carbonyl (C=O) groups is 1. The molecule has 2 aromatic rings. The average Bonchev–Trinajstić information content (AvgIpc) is 2.57. The van der Waals surface area contributed by atoms with Gasteiger partial charge in [0.25, 0.3) is 5.91 Å². The van der Waals surface area contributed by atoms with E-state index >= 15 is 0 Å². The van der Waals surface area contributed by atoms with Gasteiger partial charge in [-0.05, 0) is 81.3 Å². The van der Waals surface area contributed by atoms with E-state index in [1.165, 1.54) is 0 Å². The number of hydrogen-bond acceptors (Lipinski definition) is 4. The normalized spacial score (nSPS) is 10.7. The first-order valence-corrected chi connectivity index (χ1v) is 9.01. The molecular formula is C17H16BrIN2O3. The molecule has 2 rings (SSSR count). The molecule has 0 unspecified atom stereocenters. The van der Waals surface area contributed by atoms with E-state index in [0.717, 1.165) is 13.6 Å². The van der Waals surface area contributed by atoms with Gasteiger partial charge in [-0.1, -0.05) is 6.07 Å². The fourth-order valence-corrected chi connectivity index (χ4v) is 3.08. The van der Waals surface area contributed by atoms with Gasteiger partial charge in [-0.15, -0.1) is 0 Å². The summed E-state index contributed by atoms with van der Waals surface area (Å²) in [7, 11) is 1.57. The molecule has 2 aromatic carbocycles. The van der Waals surface area contributed by atoms with Crippen LogP contribution in [0.1, 0.15) is 22.8 Å². The van der Waals surface area contributed by atoms with Crippen LogP contribution in [-0.4, -0.2) is 25.8 Å². The Balaban J connectivity index is 2.11. The maximum Gasteiger partial charge on any atom is 0.271 e. The Morgan fingerprint density at radius 2 is 2.17 bits per heavy atom. The Hall–Kier alpha value is -1.61. The van der Waals surface area contributed by atoms with Crippen molar-refractivity contribution in [2.45, 2.75) is 6.92 Å². The predicted molar refractivity (Wildman–Crippen MR) is 106 cm³/mol. The van der Waals surface area contributed by atoms with E-state index in [4.69, 9.17) is 9.47 Å². The molecular weight excluding hydrogens is 487 g/mol. The number of halogens is 2. The van der Waals surface area contributed by atoms with Gasteiger partial charge in [0, 0.05) is 9.13 Å². The van der Waals surface area contributed by atoms with Crippen LogP contribution in [0.15, 0.2) is 46.0 Å². The molecule has 0 fully saturated rings. The maximum atomic E-state index is 12.0. The van der Waals surface area contributed by atoms with Crippen LogP contribution < -0.4 is 14.9 Å². The molecule has 0 bridgehead atoms. The highest BCUT2D eigenvalue weighted by Crippen LogP contribution is 2.36. The van der Waals surface area contributed by atoms with Crippen molar-refractivity contribution in [1.29, 1.82) is 0 Å². The number of hydrazone groups is 1. The van der Waals surface area contributed by atoms with Crippen molar-refractivity contribution >= 4 is 50.6 Å². The predicted octanol–water partition coefficient (Wildman–Crippen LogP) is 4.22. The minimum Gasteiger partial charge on any atom is -0.493 e. The van der Waals surface area contributed by atoms with E-state index in [9.17, 15) is 4.79 Å². The molecule has 0 aliphatic rings. The van der Waals surface area contributed by atoms with Gasteiger partial charge in [-0.3, -0.25) is 4.79 Å². The Morgan fingerprint density at radius 3 is 2.83 bits per heavy atom. The molecule has 7 heteroatoms. The number of carbonyl (C=O) groups excluding carboxylic acids is 1. The number of nitrogens with one attached hydrogen (secondary N) is 1. The van der Waals surface area contributed by atoms with Crippen LogP contribution >= 0.6 is 38.5 Å². The zero-order chi connectivity index (χ0) is 17.5. The van der Waals surface area contributed by atoms with E-state index in [1.54, 1.807) is 31.5 Å². The zero-order valence-corrected chi connectivity index (χ0v) is 16.9. The summed E-state index contributed by atoms with van der Waals surface area (Å²) in [5, 5.41) is 4.00. The van der Waals surface area contributed by atoms with Crippen molar-refractivity contribution in [2.75, 3.05) is 13.7 Å². The molecule has 0 aliphatic heterocycles. The van der Waals surface area contributed by atoms with Gasteiger partial charge in [-0.25, -0.2) is 5.43 Å². The lowest BCUT2D eigenvalue weighted by molar-refractivity contribution is 0.0955. The number of hydrogen-bond donors (Lipinski definition) is 1. The van der Waals surface area contributed by atoms with Crippen molar-refractivity contribution in [3.05, 3.63) is 55.6 Å². The third-order valence-electron chi connectivity index (χ3n) is 3.01. The van der Waals surface area contributed by atoms with Crippen LogP contribution in [-0.2, 0) is 0 Å². The molecule has 126 valence electrons. The van der Waals surface area contributed by atoms with Crippen LogP contribution in [0.3, 0.4) is 0 Å². The highest BCUT2D eigenvalue weighted by atomic mass is 127. The second kappa shape index (κ2) is 9.03. The second-order valence-electron chi connectivity index (χ2n) is 4.68. The number of ether oxygens (including phenoxy) is 2. The molecule has 1 amide bonds. The molecule has 0 aliphatic carbocycles. The number of nitrogens with zero attached hydrogens (tertiary/aromatic N) is 1. The summed E-state index contributed by atoms with van der Waals surface area (Å²) in [5.74, 6) is 0.971. The van der Waals surface area contributed by atoms with E-state index in [2.05, 4.69) is 49.0 Å². The lowest BCUT2D eigenvalue weighted by atomic mass is 10.2. The highest BCUT2D eigenvalue weighted by molar-refractivity contribution is 14.1. The van der Waals surface area contributed by atoms with Gasteiger partial charge >= 0.3 is 0 Å². The van der Waals surface area contributed by atoms with E-state index in [1.807, 2.05) is 25.1 Å².